The number of hydrogen-bond acceptors (Lipinski definition) is 5. The van der Waals surface area contributed by atoms with Crippen LogP contribution in [0, 0.1) is 11.8 Å². The zero-order valence-corrected chi connectivity index (χ0v) is 26.9. The van der Waals surface area contributed by atoms with Crippen LogP contribution in [0.5, 0.6) is 0 Å². The number of H-pyrrole nitrogens is 1. The van der Waals surface area contributed by atoms with E-state index in [1.165, 1.54) is 6.92 Å². The monoisotopic (exact) mass is 606 g/mol. The van der Waals surface area contributed by atoms with E-state index in [4.69, 9.17) is 0 Å². The maximum atomic E-state index is 14.2. The Morgan fingerprint density at radius 3 is 2.57 bits per heavy atom. The Labute approximate surface area is 261 Å². The second-order valence-electron chi connectivity index (χ2n) is 12.8. The highest BCUT2D eigenvalue weighted by Crippen LogP contribution is 2.29. The van der Waals surface area contributed by atoms with Crippen molar-refractivity contribution in [2.75, 3.05) is 13.1 Å². The van der Waals surface area contributed by atoms with Crippen molar-refractivity contribution in [3.63, 3.8) is 0 Å². The first-order chi connectivity index (χ1) is 21.1. The smallest absolute Gasteiger partial charge is 0.246 e. The van der Waals surface area contributed by atoms with Crippen LogP contribution in [0.2, 0.25) is 0 Å². The third kappa shape index (κ3) is 7.96. The first-order valence-corrected chi connectivity index (χ1v) is 16.6. The zero-order chi connectivity index (χ0) is 31.8. The summed E-state index contributed by atoms with van der Waals surface area (Å²) in [7, 11) is 0. The van der Waals surface area contributed by atoms with Crippen LogP contribution in [0.4, 0.5) is 0 Å². The summed E-state index contributed by atoms with van der Waals surface area (Å²) in [6, 6.07) is 6.23. The van der Waals surface area contributed by atoms with Gasteiger partial charge in [-0.05, 0) is 49.7 Å². The molecule has 9 heteroatoms. The molecule has 2 saturated heterocycles. The van der Waals surface area contributed by atoms with Crippen molar-refractivity contribution in [3.8, 4) is 0 Å². The molecule has 3 heterocycles. The van der Waals surface area contributed by atoms with Gasteiger partial charge in [0.1, 0.15) is 11.8 Å². The van der Waals surface area contributed by atoms with Crippen LogP contribution in [0.1, 0.15) is 97.5 Å². The van der Waals surface area contributed by atoms with Gasteiger partial charge in [-0.2, -0.15) is 0 Å². The molecule has 9 nitrogen and oxygen atoms in total. The number of hydrogen-bond donors (Lipinski definition) is 2. The standard InChI is InChI=1S/C35H50N4O5/c1-5-23(3)33-35(44)38-18-12-17-31(38)32(42)20-25(13-8-7-9-14-28(41)6-2)34(43)37-27(22-39(33)24(4)40)19-26-21-36-30-16-11-10-15-29(26)30/h10-11,15-16,21,23,25,27,31,33,36H,5-9,12-14,17-20,22H2,1-4H3,(H,37,43)/t23-,25+,27-,31+,33-/m0/s1. The molecule has 2 N–H and O–H groups in total. The number of Topliss-reactive ketones (excluding diaryl/α,β-unsaturated/α-hetero) is 2. The van der Waals surface area contributed by atoms with Crippen LogP contribution in [0.3, 0.4) is 0 Å². The number of amides is 3. The van der Waals surface area contributed by atoms with Gasteiger partial charge in [0.05, 0.1) is 12.1 Å². The summed E-state index contributed by atoms with van der Waals surface area (Å²) < 4.78 is 0. The number of benzene rings is 1. The molecule has 2 aromatic rings. The fourth-order valence-corrected chi connectivity index (χ4v) is 6.94. The number of nitrogens with zero attached hydrogens (tertiary/aromatic N) is 2. The normalized spacial score (nSPS) is 24.0. The molecule has 4 rings (SSSR count). The van der Waals surface area contributed by atoms with E-state index in [1.54, 1.807) is 9.80 Å². The number of nitrogens with one attached hydrogen (secondary N) is 2. The molecule has 5 atom stereocenters. The molecular weight excluding hydrogens is 556 g/mol. The Kier molecular flexibility index (Phi) is 11.8. The highest BCUT2D eigenvalue weighted by atomic mass is 16.2. The van der Waals surface area contributed by atoms with Gasteiger partial charge in [0.25, 0.3) is 0 Å². The number of ketones is 2. The molecule has 0 saturated carbocycles. The fourth-order valence-electron chi connectivity index (χ4n) is 6.94. The Balaban J connectivity index is 1.67. The molecule has 44 heavy (non-hydrogen) atoms. The van der Waals surface area contributed by atoms with E-state index >= 15 is 0 Å². The second-order valence-corrected chi connectivity index (χ2v) is 12.8. The van der Waals surface area contributed by atoms with Crippen molar-refractivity contribution in [2.24, 2.45) is 11.8 Å². The molecule has 0 radical (unpaired) electrons. The van der Waals surface area contributed by atoms with Gasteiger partial charge in [-0.1, -0.05) is 58.2 Å². The zero-order valence-electron chi connectivity index (χ0n) is 26.9. The first kappa shape index (κ1) is 33.4. The highest BCUT2D eigenvalue weighted by Gasteiger charge is 2.43. The maximum Gasteiger partial charge on any atom is 0.246 e. The van der Waals surface area contributed by atoms with Crippen LogP contribution in [-0.2, 0) is 30.4 Å². The molecule has 2 aliphatic heterocycles. The van der Waals surface area contributed by atoms with E-state index in [0.717, 1.165) is 42.1 Å². The van der Waals surface area contributed by atoms with Crippen molar-refractivity contribution < 1.29 is 24.0 Å². The van der Waals surface area contributed by atoms with E-state index in [-0.39, 0.29) is 48.2 Å². The maximum absolute atomic E-state index is 14.2. The summed E-state index contributed by atoms with van der Waals surface area (Å²) in [5.41, 5.74) is 2.00. The van der Waals surface area contributed by atoms with Gasteiger partial charge in [-0.25, -0.2) is 0 Å². The van der Waals surface area contributed by atoms with Crippen molar-refractivity contribution >= 4 is 40.2 Å². The third-order valence-electron chi connectivity index (χ3n) is 9.71. The molecule has 0 aliphatic carbocycles. The summed E-state index contributed by atoms with van der Waals surface area (Å²) in [6.07, 6.45) is 8.40. The summed E-state index contributed by atoms with van der Waals surface area (Å²) >= 11 is 0. The van der Waals surface area contributed by atoms with Crippen LogP contribution in [0.25, 0.3) is 10.9 Å². The van der Waals surface area contributed by atoms with E-state index in [9.17, 15) is 24.0 Å². The number of aromatic nitrogens is 1. The first-order valence-electron chi connectivity index (χ1n) is 16.6. The molecule has 0 bridgehead atoms. The molecule has 0 spiro atoms. The predicted octanol–water partition coefficient (Wildman–Crippen LogP) is 4.97. The Morgan fingerprint density at radius 1 is 1.07 bits per heavy atom. The molecule has 240 valence electrons. The Bertz CT molecular complexity index is 1340. The molecule has 1 aromatic heterocycles. The lowest BCUT2D eigenvalue weighted by Crippen LogP contribution is -2.59. The van der Waals surface area contributed by atoms with E-state index in [0.29, 0.717) is 45.1 Å². The molecule has 2 fully saturated rings. The Morgan fingerprint density at radius 2 is 1.84 bits per heavy atom. The summed E-state index contributed by atoms with van der Waals surface area (Å²) in [4.78, 5) is 73.7. The molecule has 3 amide bonds. The van der Waals surface area contributed by atoms with Gasteiger partial charge in [-0.3, -0.25) is 24.0 Å². The van der Waals surface area contributed by atoms with Crippen molar-refractivity contribution in [1.29, 1.82) is 0 Å². The van der Waals surface area contributed by atoms with Crippen LogP contribution in [0.15, 0.2) is 30.5 Å². The van der Waals surface area contributed by atoms with E-state index in [1.807, 2.05) is 51.2 Å². The lowest BCUT2D eigenvalue weighted by atomic mass is 9.89. The molecule has 0 unspecified atom stereocenters. The van der Waals surface area contributed by atoms with Crippen LogP contribution in [-0.4, -0.2) is 75.3 Å². The molecular formula is C35H50N4O5. The van der Waals surface area contributed by atoms with Crippen LogP contribution < -0.4 is 5.32 Å². The Hall–Kier alpha value is -3.49. The van der Waals surface area contributed by atoms with Gasteiger partial charge >= 0.3 is 0 Å². The van der Waals surface area contributed by atoms with Crippen molar-refractivity contribution in [1.82, 2.24) is 20.1 Å². The average molecular weight is 607 g/mol. The minimum Gasteiger partial charge on any atom is -0.361 e. The van der Waals surface area contributed by atoms with Crippen LogP contribution >= 0.6 is 0 Å². The predicted molar refractivity (Wildman–Crippen MR) is 171 cm³/mol. The van der Waals surface area contributed by atoms with Crippen molar-refractivity contribution in [3.05, 3.63) is 36.0 Å². The van der Waals surface area contributed by atoms with E-state index in [2.05, 4.69) is 10.3 Å². The molecule has 1 aromatic carbocycles. The fraction of sp³-hybridized carbons (Fsp3) is 0.629. The van der Waals surface area contributed by atoms with Gasteiger partial charge < -0.3 is 20.1 Å². The SMILES string of the molecule is CCC(=O)CCCCC[C@@H]1CC(=O)[C@H]2CCCN2C(=O)[C@H]([C@@H](C)CC)N(C(C)=O)C[C@H](Cc2c[nH]c3ccccc23)NC1=O. The highest BCUT2D eigenvalue weighted by molar-refractivity contribution is 5.95. The van der Waals surface area contributed by atoms with Gasteiger partial charge in [0, 0.05) is 62.3 Å². The summed E-state index contributed by atoms with van der Waals surface area (Å²) in [6.45, 7) is 8.01. The van der Waals surface area contributed by atoms with E-state index < -0.39 is 24.0 Å². The van der Waals surface area contributed by atoms with Gasteiger partial charge in [0.2, 0.25) is 17.7 Å². The van der Waals surface area contributed by atoms with Crippen molar-refractivity contribution in [2.45, 2.75) is 116 Å². The number of aromatic amines is 1. The minimum atomic E-state index is -0.714. The topological polar surface area (TPSA) is 120 Å². The van der Waals surface area contributed by atoms with Gasteiger partial charge in [-0.15, -0.1) is 0 Å². The van der Waals surface area contributed by atoms with Gasteiger partial charge in [0.15, 0.2) is 5.78 Å². The minimum absolute atomic E-state index is 0.0804. The number of fused-ring (bicyclic) bond motifs is 2. The summed E-state index contributed by atoms with van der Waals surface area (Å²) in [5, 5.41) is 4.28. The number of rotatable bonds is 11. The number of para-hydroxylation sites is 1. The molecule has 2 aliphatic rings. The number of unbranched alkanes of at least 4 members (excludes halogenated alkanes) is 2. The lowest BCUT2D eigenvalue weighted by Gasteiger charge is -2.40. The average Bonchev–Trinajstić information content (AvgIpc) is 3.66. The summed E-state index contributed by atoms with van der Waals surface area (Å²) in [5.74, 6) is -1.08. The lowest BCUT2D eigenvalue weighted by molar-refractivity contribution is -0.150. The quantitative estimate of drug-likeness (QED) is 0.350. The third-order valence-corrected chi connectivity index (χ3v) is 9.71. The number of carbonyl (C=O) groups is 5. The largest absolute Gasteiger partial charge is 0.361 e. The number of carbonyl (C=O) groups excluding carboxylic acids is 5. The second kappa shape index (κ2) is 15.5.